The number of pyridine rings is 2. The van der Waals surface area contributed by atoms with Crippen molar-refractivity contribution < 1.29 is 4.79 Å². The van der Waals surface area contributed by atoms with Gasteiger partial charge < -0.3 is 10.2 Å². The Balaban J connectivity index is 1.58. The van der Waals surface area contributed by atoms with E-state index in [-0.39, 0.29) is 11.9 Å². The van der Waals surface area contributed by atoms with Crippen molar-refractivity contribution in [2.45, 2.75) is 32.7 Å². The number of hydrogen-bond donors (Lipinski definition) is 1. The zero-order chi connectivity index (χ0) is 19.5. The smallest absolute Gasteiger partial charge is 0.273 e. The molecule has 3 aromatic heterocycles. The maximum atomic E-state index is 13.0. The number of hydrogen-bond acceptors (Lipinski definition) is 6. The molecule has 142 valence electrons. The molecule has 0 aromatic carbocycles. The summed E-state index contributed by atoms with van der Waals surface area (Å²) in [4.78, 5) is 32.0. The molecule has 4 heterocycles. The van der Waals surface area contributed by atoms with Crippen molar-refractivity contribution in [1.29, 1.82) is 0 Å². The first-order valence-electron chi connectivity index (χ1n) is 9.37. The summed E-state index contributed by atoms with van der Waals surface area (Å²) in [5.74, 6) is 2.04. The fourth-order valence-electron chi connectivity index (χ4n) is 3.54. The van der Waals surface area contributed by atoms with Crippen molar-refractivity contribution in [2.75, 3.05) is 11.9 Å². The minimum Gasteiger partial charge on any atom is -0.330 e. The second kappa shape index (κ2) is 7.72. The monoisotopic (exact) mass is 374 g/mol. The largest absolute Gasteiger partial charge is 0.330 e. The van der Waals surface area contributed by atoms with Gasteiger partial charge in [0.05, 0.1) is 6.04 Å². The first kappa shape index (κ1) is 18.0. The van der Waals surface area contributed by atoms with Crippen molar-refractivity contribution >= 4 is 17.5 Å². The molecule has 1 amide bonds. The topological polar surface area (TPSA) is 83.9 Å². The van der Waals surface area contributed by atoms with Gasteiger partial charge in [0.25, 0.3) is 5.91 Å². The number of carbonyl (C=O) groups is 1. The third-order valence-electron chi connectivity index (χ3n) is 4.93. The van der Waals surface area contributed by atoms with Gasteiger partial charge in [-0.15, -0.1) is 0 Å². The quantitative estimate of drug-likeness (QED) is 0.751. The highest BCUT2D eigenvalue weighted by Gasteiger charge is 2.31. The minimum atomic E-state index is -0.0557. The Bertz CT molecular complexity index is 1010. The highest BCUT2D eigenvalue weighted by Crippen LogP contribution is 2.34. The number of aromatic nitrogens is 4. The molecule has 1 fully saturated rings. The number of amides is 1. The highest BCUT2D eigenvalue weighted by molar-refractivity contribution is 5.92. The van der Waals surface area contributed by atoms with E-state index in [1.165, 1.54) is 0 Å². The van der Waals surface area contributed by atoms with Gasteiger partial charge in [0, 0.05) is 25.1 Å². The lowest BCUT2D eigenvalue weighted by atomic mass is 10.1. The number of carbonyl (C=O) groups excluding carboxylic acids is 1. The Morgan fingerprint density at radius 2 is 1.96 bits per heavy atom. The van der Waals surface area contributed by atoms with Crippen molar-refractivity contribution in [2.24, 2.45) is 0 Å². The van der Waals surface area contributed by atoms with Crippen LogP contribution in [0.5, 0.6) is 0 Å². The SMILES string of the molecule is Cc1nccc(C(=O)N2CCCC2c2ccnc(Nc3ncccc3C)c2)n1. The normalized spacial score (nSPS) is 16.2. The maximum absolute atomic E-state index is 13.0. The van der Waals surface area contributed by atoms with Crippen LogP contribution in [0, 0.1) is 13.8 Å². The summed E-state index contributed by atoms with van der Waals surface area (Å²) in [6.07, 6.45) is 7.03. The molecule has 1 saturated heterocycles. The molecular weight excluding hydrogens is 352 g/mol. The van der Waals surface area contributed by atoms with Gasteiger partial charge in [-0.05, 0) is 62.1 Å². The van der Waals surface area contributed by atoms with Gasteiger partial charge in [-0.2, -0.15) is 0 Å². The number of anilines is 2. The zero-order valence-corrected chi connectivity index (χ0v) is 16.0. The van der Waals surface area contributed by atoms with Crippen LogP contribution in [0.2, 0.25) is 0 Å². The third kappa shape index (κ3) is 3.69. The summed E-state index contributed by atoms with van der Waals surface area (Å²) in [5, 5.41) is 3.27. The van der Waals surface area contributed by atoms with Gasteiger partial charge >= 0.3 is 0 Å². The first-order valence-corrected chi connectivity index (χ1v) is 9.37. The van der Waals surface area contributed by atoms with Gasteiger partial charge in [-0.25, -0.2) is 19.9 Å². The molecule has 1 atom stereocenters. The van der Waals surface area contributed by atoms with Gasteiger partial charge in [-0.1, -0.05) is 6.07 Å². The van der Waals surface area contributed by atoms with Crippen molar-refractivity contribution in [1.82, 2.24) is 24.8 Å². The Kier molecular flexibility index (Phi) is 4.97. The van der Waals surface area contributed by atoms with Gasteiger partial charge in [0.15, 0.2) is 0 Å². The second-order valence-corrected chi connectivity index (χ2v) is 6.91. The Morgan fingerprint density at radius 1 is 1.11 bits per heavy atom. The molecule has 1 aliphatic rings. The number of nitrogens with one attached hydrogen (secondary N) is 1. The highest BCUT2D eigenvalue weighted by atomic mass is 16.2. The van der Waals surface area contributed by atoms with Crippen LogP contribution in [-0.2, 0) is 0 Å². The summed E-state index contributed by atoms with van der Waals surface area (Å²) in [6, 6.07) is 9.56. The average Bonchev–Trinajstić information content (AvgIpc) is 3.19. The fourth-order valence-corrected chi connectivity index (χ4v) is 3.54. The molecule has 1 unspecified atom stereocenters. The van der Waals surface area contributed by atoms with Crippen LogP contribution < -0.4 is 5.32 Å². The van der Waals surface area contributed by atoms with E-state index in [0.717, 1.165) is 42.1 Å². The van der Waals surface area contributed by atoms with Crippen molar-refractivity contribution in [3.05, 3.63) is 71.6 Å². The molecule has 0 aliphatic carbocycles. The summed E-state index contributed by atoms with van der Waals surface area (Å²) in [7, 11) is 0. The molecule has 1 N–H and O–H groups in total. The van der Waals surface area contributed by atoms with Crippen LogP contribution in [0.1, 0.15) is 46.3 Å². The standard InChI is InChI=1S/C21H22N6O/c1-14-5-3-9-24-20(14)26-19-13-16(7-10-23-19)18-6-4-12-27(18)21(28)17-8-11-22-15(2)25-17/h3,5,7-11,13,18H,4,6,12H2,1-2H3,(H,23,24,26). The predicted molar refractivity (Wildman–Crippen MR) is 106 cm³/mol. The molecule has 1 aliphatic heterocycles. The summed E-state index contributed by atoms with van der Waals surface area (Å²) < 4.78 is 0. The lowest BCUT2D eigenvalue weighted by molar-refractivity contribution is 0.0729. The molecule has 0 spiro atoms. The van der Waals surface area contributed by atoms with E-state index in [4.69, 9.17) is 0 Å². The van der Waals surface area contributed by atoms with Crippen molar-refractivity contribution in [3.63, 3.8) is 0 Å². The molecule has 0 bridgehead atoms. The van der Waals surface area contributed by atoms with Gasteiger partial charge in [0.1, 0.15) is 23.2 Å². The van der Waals surface area contributed by atoms with Crippen LogP contribution >= 0.6 is 0 Å². The number of likely N-dealkylation sites (tertiary alicyclic amines) is 1. The first-order chi connectivity index (χ1) is 13.6. The summed E-state index contributed by atoms with van der Waals surface area (Å²) in [5.41, 5.74) is 2.55. The zero-order valence-electron chi connectivity index (χ0n) is 16.0. The average molecular weight is 374 g/mol. The lowest BCUT2D eigenvalue weighted by Crippen LogP contribution is -2.31. The van der Waals surface area contributed by atoms with Gasteiger partial charge in [-0.3, -0.25) is 4.79 Å². The molecule has 4 rings (SSSR count). The second-order valence-electron chi connectivity index (χ2n) is 6.91. The molecule has 0 saturated carbocycles. The molecule has 7 heteroatoms. The van der Waals surface area contributed by atoms with Crippen molar-refractivity contribution in [3.8, 4) is 0 Å². The number of nitrogens with zero attached hydrogens (tertiary/aromatic N) is 5. The van der Waals surface area contributed by atoms with Crippen LogP contribution in [0.3, 0.4) is 0 Å². The summed E-state index contributed by atoms with van der Waals surface area (Å²) in [6.45, 7) is 4.51. The van der Waals surface area contributed by atoms with Gasteiger partial charge in [0.2, 0.25) is 0 Å². The van der Waals surface area contributed by atoms with Crippen LogP contribution in [0.4, 0.5) is 11.6 Å². The van der Waals surface area contributed by atoms with E-state index in [0.29, 0.717) is 11.5 Å². The molecule has 28 heavy (non-hydrogen) atoms. The van der Waals surface area contributed by atoms with E-state index in [1.54, 1.807) is 31.6 Å². The van der Waals surface area contributed by atoms with E-state index >= 15 is 0 Å². The van der Waals surface area contributed by atoms with Crippen LogP contribution in [0.25, 0.3) is 0 Å². The third-order valence-corrected chi connectivity index (χ3v) is 4.93. The van der Waals surface area contributed by atoms with Crippen LogP contribution in [-0.4, -0.2) is 37.3 Å². The Labute approximate surface area is 163 Å². The van der Waals surface area contributed by atoms with E-state index in [9.17, 15) is 4.79 Å². The van der Waals surface area contributed by atoms with E-state index in [2.05, 4.69) is 25.3 Å². The van der Waals surface area contributed by atoms with Crippen LogP contribution in [0.15, 0.2) is 48.9 Å². The predicted octanol–water partition coefficient (Wildman–Crippen LogP) is 3.60. The Morgan fingerprint density at radius 3 is 2.79 bits per heavy atom. The number of rotatable bonds is 4. The van der Waals surface area contributed by atoms with E-state index < -0.39 is 0 Å². The summed E-state index contributed by atoms with van der Waals surface area (Å²) >= 11 is 0. The number of aryl methyl sites for hydroxylation is 2. The molecule has 3 aromatic rings. The fraction of sp³-hybridized carbons (Fsp3) is 0.286. The Hall–Kier alpha value is -3.35. The maximum Gasteiger partial charge on any atom is 0.273 e. The lowest BCUT2D eigenvalue weighted by Gasteiger charge is -2.25. The molecular formula is C21H22N6O. The van der Waals surface area contributed by atoms with E-state index in [1.807, 2.05) is 36.1 Å². The minimum absolute atomic E-state index is 0.0103. The molecule has 7 nitrogen and oxygen atoms in total. The molecule has 0 radical (unpaired) electrons.